The van der Waals surface area contributed by atoms with Crippen molar-refractivity contribution in [1.29, 1.82) is 0 Å². The molecule has 0 aliphatic carbocycles. The Morgan fingerprint density at radius 2 is 1.51 bits per heavy atom. The summed E-state index contributed by atoms with van der Waals surface area (Å²) in [6.45, 7) is 13.6. The number of hydrogen-bond donors (Lipinski definition) is 5. The molecule has 5 N–H and O–H groups in total. The molecule has 4 aliphatic heterocycles. The van der Waals surface area contributed by atoms with Gasteiger partial charge >= 0.3 is 5.97 Å². The van der Waals surface area contributed by atoms with Gasteiger partial charge < -0.3 is 77.9 Å². The fourth-order valence-electron chi connectivity index (χ4n) is 9.51. The van der Waals surface area contributed by atoms with Gasteiger partial charge in [0.05, 0.1) is 55.2 Å². The average molecular weight is 997 g/mol. The second-order valence-corrected chi connectivity index (χ2v) is 18.7. The Morgan fingerprint density at radius 3 is 2.09 bits per heavy atom. The first kappa shape index (κ1) is 57.5. The fourth-order valence-corrected chi connectivity index (χ4v) is 9.51. The van der Waals surface area contributed by atoms with Crippen molar-refractivity contribution in [2.45, 2.75) is 191 Å². The van der Waals surface area contributed by atoms with Crippen LogP contribution in [0.25, 0.3) is 0 Å². The summed E-state index contributed by atoms with van der Waals surface area (Å²) in [7, 11) is 6.43. The van der Waals surface area contributed by atoms with E-state index in [1.54, 1.807) is 59.7 Å². The van der Waals surface area contributed by atoms with E-state index in [4.69, 9.17) is 42.6 Å². The summed E-state index contributed by atoms with van der Waals surface area (Å²) in [5, 5.41) is 55.8. The molecule has 3 saturated heterocycles. The Balaban J connectivity index is 0.0000112. The van der Waals surface area contributed by atoms with Crippen molar-refractivity contribution in [3.63, 3.8) is 0 Å². The van der Waals surface area contributed by atoms with Crippen LogP contribution in [0.4, 0.5) is 0 Å². The van der Waals surface area contributed by atoms with E-state index in [9.17, 15) is 39.9 Å². The number of allylic oxidation sites excluding steroid dienone is 3. The minimum Gasteiger partial charge on any atom is -0.462 e. The molecule has 19 heteroatoms. The van der Waals surface area contributed by atoms with Crippen molar-refractivity contribution in [2.24, 2.45) is 23.7 Å². The van der Waals surface area contributed by atoms with Crippen LogP contribution >= 0.6 is 17.0 Å². The molecule has 65 heavy (non-hydrogen) atoms. The van der Waals surface area contributed by atoms with Crippen LogP contribution in [-0.4, -0.2) is 187 Å². The third-order valence-corrected chi connectivity index (χ3v) is 13.4. The Bertz CT molecular complexity index is 1570. The van der Waals surface area contributed by atoms with E-state index >= 15 is 0 Å². The topological polar surface area (TPSA) is 239 Å². The summed E-state index contributed by atoms with van der Waals surface area (Å²) in [4.78, 5) is 41.5. The number of ether oxygens (including phenoxy) is 9. The summed E-state index contributed by atoms with van der Waals surface area (Å²) in [6, 6.07) is -0.748. The molecule has 0 amide bonds. The van der Waals surface area contributed by atoms with Crippen molar-refractivity contribution in [3.05, 3.63) is 23.8 Å². The molecule has 0 aromatic carbocycles. The van der Waals surface area contributed by atoms with Crippen LogP contribution in [0.5, 0.6) is 0 Å². The minimum absolute atomic E-state index is 0. The van der Waals surface area contributed by atoms with Crippen LogP contribution in [0.3, 0.4) is 0 Å². The van der Waals surface area contributed by atoms with Gasteiger partial charge in [0.15, 0.2) is 24.7 Å². The van der Waals surface area contributed by atoms with Crippen LogP contribution in [0.1, 0.15) is 87.5 Å². The second-order valence-electron chi connectivity index (χ2n) is 18.7. The summed E-state index contributed by atoms with van der Waals surface area (Å²) in [5.74, 6) is -3.59. The number of methoxy groups -OCH3 is 2. The van der Waals surface area contributed by atoms with E-state index in [0.717, 1.165) is 6.29 Å². The molecule has 376 valence electrons. The molecular weight excluding hydrogens is 918 g/mol. The minimum atomic E-state index is -1.49. The number of esters is 1. The average Bonchev–Trinajstić information content (AvgIpc) is 3.23. The van der Waals surface area contributed by atoms with Crippen molar-refractivity contribution >= 4 is 35.0 Å². The normalized spacial score (nSPS) is 45.2. The van der Waals surface area contributed by atoms with E-state index in [-0.39, 0.29) is 48.6 Å². The first-order chi connectivity index (χ1) is 30.1. The highest BCUT2D eigenvalue weighted by Crippen LogP contribution is 2.37. The molecule has 18 nitrogen and oxygen atoms in total. The second kappa shape index (κ2) is 25.7. The van der Waals surface area contributed by atoms with Crippen molar-refractivity contribution in [2.75, 3.05) is 34.9 Å². The monoisotopic (exact) mass is 995 g/mol. The number of carbonyl (C=O) groups is 3. The summed E-state index contributed by atoms with van der Waals surface area (Å²) in [5.41, 5.74) is -0.806. The van der Waals surface area contributed by atoms with Gasteiger partial charge in [-0.25, -0.2) is 0 Å². The molecule has 1 unspecified atom stereocenters. The first-order valence-corrected chi connectivity index (χ1v) is 22.7. The van der Waals surface area contributed by atoms with Crippen LogP contribution in [0, 0.1) is 23.7 Å². The first-order valence-electron chi connectivity index (χ1n) is 22.7. The van der Waals surface area contributed by atoms with Gasteiger partial charge in [-0.15, -0.1) is 17.0 Å². The molecule has 4 aliphatic rings. The number of aliphatic hydroxyl groups is 5. The van der Waals surface area contributed by atoms with Crippen molar-refractivity contribution in [1.82, 2.24) is 4.90 Å². The highest BCUT2D eigenvalue weighted by Gasteiger charge is 2.52. The van der Waals surface area contributed by atoms with Crippen LogP contribution in [0.15, 0.2) is 23.8 Å². The van der Waals surface area contributed by atoms with Crippen molar-refractivity contribution in [3.8, 4) is 0 Å². The third kappa shape index (κ3) is 14.6. The Kier molecular flexibility index (Phi) is 22.8. The molecule has 4 rings (SSSR count). The Hall–Kier alpha value is -1.79. The lowest BCUT2D eigenvalue weighted by Crippen LogP contribution is -2.65. The number of aliphatic hydroxyl groups excluding tert-OH is 4. The molecule has 0 saturated carbocycles. The molecular formula is C46H78BrNO17. The lowest BCUT2D eigenvalue weighted by atomic mass is 9.79. The van der Waals surface area contributed by atoms with Gasteiger partial charge in [-0.05, 0) is 73.5 Å². The number of nitrogens with zero attached hydrogens (tertiary/aromatic N) is 1. The highest BCUT2D eigenvalue weighted by atomic mass is 79.9. The van der Waals surface area contributed by atoms with Gasteiger partial charge in [-0.3, -0.25) is 9.59 Å². The van der Waals surface area contributed by atoms with Crippen molar-refractivity contribution < 1.29 is 82.5 Å². The Labute approximate surface area is 395 Å². The molecule has 0 spiro atoms. The largest absolute Gasteiger partial charge is 0.462 e. The van der Waals surface area contributed by atoms with Gasteiger partial charge in [0.2, 0.25) is 0 Å². The van der Waals surface area contributed by atoms with Gasteiger partial charge in [-0.2, -0.15) is 0 Å². The summed E-state index contributed by atoms with van der Waals surface area (Å²) >= 11 is 0. The predicted octanol–water partition coefficient (Wildman–Crippen LogP) is 2.41. The number of aldehydes is 1. The maximum absolute atomic E-state index is 13.8. The number of hydrogen-bond acceptors (Lipinski definition) is 18. The zero-order valence-electron chi connectivity index (χ0n) is 40.1. The van der Waals surface area contributed by atoms with E-state index in [2.05, 4.69) is 0 Å². The number of cyclic esters (lactones) is 1. The van der Waals surface area contributed by atoms with Crippen LogP contribution in [0.2, 0.25) is 0 Å². The molecule has 0 radical (unpaired) electrons. The number of carbonyl (C=O) groups excluding carboxylic acids is 3. The molecule has 21 atom stereocenters. The SMILES string of the molecule is Br.CC[C@H]1OC(=O)C[C@@H](O)[C@H](C)[C@@H](O[C@@H]2O[C@H](C)[C@@H](O[C@H]3C[C@@](C)(O)[C@@H](O)[C@H](C)O3)[C@H](N(C)C)[C@H]2O)[C@@H](CC=O)C[C@@H](C)C(=O)/C=C/C(C)=C/C1CO[C@@H]1O[C@H](C)[C@@H](O)[C@@H](OC)[C@H]1OC. The Morgan fingerprint density at radius 1 is 0.862 bits per heavy atom. The standard InChI is InChI=1S/C46H77NO17.BrH/c1-13-33-30(22-58-45-42(57-12)41(56-11)37(52)26(5)60-45)18-23(2)14-15-31(49)24(3)19-29(16-17-48)39(25(4)32(50)20-34(51)62-33)64-44-38(53)36(47(9)10)40(27(6)61-44)63-35-21-46(8,55)43(54)28(7)59-35;/h14-15,17-18,24-30,32-33,35-45,50,52-55H,13,16,19-22H2,1-12H3;1H/b15-14+,23-18+;/t24-,25+,26-,27-,28+,29+,30?,32-,33-,35+,36-,37-,38-,39-,40-,41-,42-,43+,44+,45-,46-;/m1./s1. The summed E-state index contributed by atoms with van der Waals surface area (Å²) < 4.78 is 54.7. The van der Waals surface area contributed by atoms with Gasteiger partial charge in [0, 0.05) is 44.8 Å². The van der Waals surface area contributed by atoms with E-state index in [0.29, 0.717) is 12.0 Å². The zero-order chi connectivity index (χ0) is 47.8. The lowest BCUT2D eigenvalue weighted by Gasteiger charge is -2.50. The van der Waals surface area contributed by atoms with E-state index in [1.165, 1.54) is 27.2 Å². The molecule has 0 bridgehead atoms. The van der Waals surface area contributed by atoms with Gasteiger partial charge in [0.25, 0.3) is 0 Å². The number of likely N-dealkylation sites (N-methyl/N-ethyl adjacent to an activating group) is 1. The molecule has 0 aromatic heterocycles. The number of ketones is 1. The third-order valence-electron chi connectivity index (χ3n) is 13.4. The van der Waals surface area contributed by atoms with E-state index < -0.39 is 140 Å². The fraction of sp³-hybridized carbons (Fsp3) is 0.848. The maximum Gasteiger partial charge on any atom is 0.308 e. The molecule has 0 aromatic rings. The lowest BCUT2D eigenvalue weighted by molar-refractivity contribution is -0.341. The molecule has 4 heterocycles. The van der Waals surface area contributed by atoms with E-state index in [1.807, 2.05) is 19.9 Å². The maximum atomic E-state index is 13.8. The highest BCUT2D eigenvalue weighted by molar-refractivity contribution is 8.93. The number of rotatable bonds is 13. The van der Waals surface area contributed by atoms with Crippen LogP contribution < -0.4 is 0 Å². The molecule has 3 fully saturated rings. The zero-order valence-corrected chi connectivity index (χ0v) is 41.8. The quantitative estimate of drug-likeness (QED) is 0.132. The van der Waals surface area contributed by atoms with Crippen LogP contribution in [-0.2, 0) is 57.0 Å². The summed E-state index contributed by atoms with van der Waals surface area (Å²) in [6.07, 6.45) is -8.49. The predicted molar refractivity (Wildman–Crippen MR) is 241 cm³/mol. The van der Waals surface area contributed by atoms with Gasteiger partial charge in [0.1, 0.15) is 49.0 Å². The van der Waals surface area contributed by atoms with Gasteiger partial charge in [-0.1, -0.05) is 38.5 Å². The smallest absolute Gasteiger partial charge is 0.308 e. The number of halogens is 1.